The summed E-state index contributed by atoms with van der Waals surface area (Å²) in [5, 5.41) is 3.60. The van der Waals surface area contributed by atoms with Crippen LogP contribution in [-0.2, 0) is 6.54 Å². The van der Waals surface area contributed by atoms with Gasteiger partial charge in [0.15, 0.2) is 0 Å². The zero-order valence-electron chi connectivity index (χ0n) is 13.2. The fourth-order valence-electron chi connectivity index (χ4n) is 3.43. The molecule has 0 amide bonds. The van der Waals surface area contributed by atoms with Crippen LogP contribution in [0.15, 0.2) is 5.51 Å². The average Bonchev–Trinajstić information content (AvgIpc) is 2.83. The lowest BCUT2D eigenvalue weighted by Gasteiger charge is -2.40. The topological polar surface area (TPSA) is 28.2 Å². The number of aromatic nitrogens is 1. The van der Waals surface area contributed by atoms with Crippen LogP contribution in [0.1, 0.15) is 49.6 Å². The van der Waals surface area contributed by atoms with Gasteiger partial charge in [-0.3, -0.25) is 0 Å². The van der Waals surface area contributed by atoms with Gasteiger partial charge in [0.05, 0.1) is 11.2 Å². The third-order valence-corrected chi connectivity index (χ3v) is 5.45. The minimum atomic E-state index is 0.488. The van der Waals surface area contributed by atoms with Crippen molar-refractivity contribution >= 4 is 11.3 Å². The van der Waals surface area contributed by atoms with Crippen molar-refractivity contribution in [2.45, 2.75) is 52.5 Å². The lowest BCUT2D eigenvalue weighted by atomic mass is 9.73. The van der Waals surface area contributed by atoms with Gasteiger partial charge in [-0.05, 0) is 38.8 Å². The van der Waals surface area contributed by atoms with E-state index in [0.29, 0.717) is 5.41 Å². The number of nitrogens with zero attached hydrogens (tertiary/aromatic N) is 2. The summed E-state index contributed by atoms with van der Waals surface area (Å²) in [6.45, 7) is 8.84. The molecule has 0 radical (unpaired) electrons. The minimum Gasteiger partial charge on any atom is -0.316 e. The minimum absolute atomic E-state index is 0.488. The molecule has 1 aromatic heterocycles. The summed E-state index contributed by atoms with van der Waals surface area (Å²) in [5.41, 5.74) is 3.65. The zero-order valence-corrected chi connectivity index (χ0v) is 14.1. The molecule has 1 N–H and O–H groups in total. The predicted octanol–water partition coefficient (Wildman–Crippen LogP) is 3.44. The summed E-state index contributed by atoms with van der Waals surface area (Å²) in [6, 6.07) is 0. The largest absolute Gasteiger partial charge is 0.316 e. The van der Waals surface area contributed by atoms with E-state index in [1.807, 2.05) is 5.51 Å². The van der Waals surface area contributed by atoms with Gasteiger partial charge in [0.1, 0.15) is 0 Å². The summed E-state index contributed by atoms with van der Waals surface area (Å²) >= 11 is 1.79. The van der Waals surface area contributed by atoms with Gasteiger partial charge in [-0.1, -0.05) is 26.2 Å². The van der Waals surface area contributed by atoms with E-state index in [-0.39, 0.29) is 0 Å². The van der Waals surface area contributed by atoms with E-state index in [1.54, 1.807) is 11.3 Å². The Bertz CT molecular complexity index is 396. The molecule has 1 aliphatic rings. The molecule has 4 heteroatoms. The Morgan fingerprint density at radius 1 is 1.35 bits per heavy atom. The van der Waals surface area contributed by atoms with Crippen LogP contribution in [-0.4, -0.2) is 36.6 Å². The van der Waals surface area contributed by atoms with Crippen molar-refractivity contribution in [3.63, 3.8) is 0 Å². The van der Waals surface area contributed by atoms with Crippen LogP contribution >= 0.6 is 11.3 Å². The fraction of sp³-hybridized carbons (Fsp3) is 0.812. The maximum absolute atomic E-state index is 4.36. The summed E-state index contributed by atoms with van der Waals surface area (Å²) in [4.78, 5) is 8.28. The molecule has 114 valence electrons. The van der Waals surface area contributed by atoms with Gasteiger partial charge in [0.25, 0.3) is 0 Å². The van der Waals surface area contributed by atoms with Crippen LogP contribution in [0, 0.1) is 12.3 Å². The fourth-order valence-corrected chi connectivity index (χ4v) is 4.29. The second-order valence-electron chi connectivity index (χ2n) is 6.37. The van der Waals surface area contributed by atoms with Gasteiger partial charge < -0.3 is 10.2 Å². The molecule has 2 rings (SSSR count). The van der Waals surface area contributed by atoms with Crippen molar-refractivity contribution in [3.05, 3.63) is 16.1 Å². The number of nitrogens with one attached hydrogen (secondary N) is 1. The number of aryl methyl sites for hydroxylation is 1. The normalized spacial score (nSPS) is 18.6. The van der Waals surface area contributed by atoms with Gasteiger partial charge in [-0.25, -0.2) is 4.98 Å². The van der Waals surface area contributed by atoms with Crippen LogP contribution in [0.25, 0.3) is 0 Å². The number of hydrogen-bond donors (Lipinski definition) is 1. The van der Waals surface area contributed by atoms with Gasteiger partial charge in [-0.15, -0.1) is 11.3 Å². The van der Waals surface area contributed by atoms with E-state index in [9.17, 15) is 0 Å². The molecule has 1 saturated carbocycles. The van der Waals surface area contributed by atoms with Crippen molar-refractivity contribution in [1.29, 1.82) is 0 Å². The SMILES string of the molecule is CCNCC1(CN(C)Cc2scnc2C)CCCCC1. The highest BCUT2D eigenvalue weighted by Gasteiger charge is 2.32. The van der Waals surface area contributed by atoms with E-state index in [1.165, 1.54) is 55.8 Å². The van der Waals surface area contributed by atoms with Gasteiger partial charge >= 0.3 is 0 Å². The first-order valence-electron chi connectivity index (χ1n) is 7.93. The highest BCUT2D eigenvalue weighted by atomic mass is 32.1. The highest BCUT2D eigenvalue weighted by Crippen LogP contribution is 2.36. The van der Waals surface area contributed by atoms with Gasteiger partial charge in [0, 0.05) is 24.5 Å². The lowest BCUT2D eigenvalue weighted by molar-refractivity contribution is 0.115. The van der Waals surface area contributed by atoms with E-state index < -0.39 is 0 Å². The van der Waals surface area contributed by atoms with Crippen LogP contribution in [0.5, 0.6) is 0 Å². The summed E-state index contributed by atoms with van der Waals surface area (Å²) < 4.78 is 0. The maximum Gasteiger partial charge on any atom is 0.0798 e. The summed E-state index contributed by atoms with van der Waals surface area (Å²) in [5.74, 6) is 0. The van der Waals surface area contributed by atoms with Crippen molar-refractivity contribution < 1.29 is 0 Å². The summed E-state index contributed by atoms with van der Waals surface area (Å²) in [6.07, 6.45) is 6.99. The first kappa shape index (κ1) is 15.9. The smallest absolute Gasteiger partial charge is 0.0798 e. The molecular weight excluding hydrogens is 266 g/mol. The van der Waals surface area contributed by atoms with Crippen LogP contribution < -0.4 is 5.32 Å². The van der Waals surface area contributed by atoms with E-state index in [2.05, 4.69) is 36.1 Å². The monoisotopic (exact) mass is 295 g/mol. The Balaban J connectivity index is 1.94. The molecule has 0 bridgehead atoms. The molecule has 1 aromatic rings. The molecule has 3 nitrogen and oxygen atoms in total. The molecule has 0 saturated heterocycles. The number of rotatable bonds is 7. The van der Waals surface area contributed by atoms with Crippen LogP contribution in [0.3, 0.4) is 0 Å². The Labute approximate surface area is 127 Å². The Hall–Kier alpha value is -0.450. The van der Waals surface area contributed by atoms with Crippen molar-refractivity contribution in [2.75, 3.05) is 26.7 Å². The van der Waals surface area contributed by atoms with Crippen molar-refractivity contribution in [3.8, 4) is 0 Å². The lowest BCUT2D eigenvalue weighted by Crippen LogP contribution is -2.44. The quantitative estimate of drug-likeness (QED) is 0.835. The van der Waals surface area contributed by atoms with Gasteiger partial charge in [0.2, 0.25) is 0 Å². The van der Waals surface area contributed by atoms with E-state index >= 15 is 0 Å². The average molecular weight is 295 g/mol. The standard InChI is InChI=1S/C16H29N3S/c1-4-17-11-16(8-6-5-7-9-16)12-19(3)10-15-14(2)18-13-20-15/h13,17H,4-12H2,1-3H3. The van der Waals surface area contributed by atoms with Crippen LogP contribution in [0.4, 0.5) is 0 Å². The molecule has 0 aromatic carbocycles. The van der Waals surface area contributed by atoms with E-state index in [4.69, 9.17) is 0 Å². The van der Waals surface area contributed by atoms with Crippen molar-refractivity contribution in [1.82, 2.24) is 15.2 Å². The third-order valence-electron chi connectivity index (χ3n) is 4.53. The molecule has 1 aliphatic carbocycles. The Morgan fingerprint density at radius 2 is 2.10 bits per heavy atom. The maximum atomic E-state index is 4.36. The molecule has 1 heterocycles. The predicted molar refractivity (Wildman–Crippen MR) is 87.2 cm³/mol. The van der Waals surface area contributed by atoms with E-state index in [0.717, 1.165) is 13.1 Å². The molecule has 0 aliphatic heterocycles. The number of hydrogen-bond acceptors (Lipinski definition) is 4. The highest BCUT2D eigenvalue weighted by molar-refractivity contribution is 7.09. The molecule has 20 heavy (non-hydrogen) atoms. The van der Waals surface area contributed by atoms with Crippen molar-refractivity contribution in [2.24, 2.45) is 5.41 Å². The van der Waals surface area contributed by atoms with Gasteiger partial charge in [-0.2, -0.15) is 0 Å². The second-order valence-corrected chi connectivity index (χ2v) is 7.31. The first-order chi connectivity index (χ1) is 9.65. The first-order valence-corrected chi connectivity index (χ1v) is 8.81. The third kappa shape index (κ3) is 4.27. The van der Waals surface area contributed by atoms with Crippen LogP contribution in [0.2, 0.25) is 0 Å². The molecule has 0 unspecified atom stereocenters. The second kappa shape index (κ2) is 7.53. The Morgan fingerprint density at radius 3 is 2.70 bits per heavy atom. The number of thiazole rings is 1. The zero-order chi connectivity index (χ0) is 14.4. The molecule has 0 atom stereocenters. The molecular formula is C16H29N3S. The Kier molecular flexibility index (Phi) is 6.00. The summed E-state index contributed by atoms with van der Waals surface area (Å²) in [7, 11) is 2.27. The molecule has 0 spiro atoms. The molecule has 1 fully saturated rings.